The summed E-state index contributed by atoms with van der Waals surface area (Å²) >= 11 is 0.793. The lowest BCUT2D eigenvalue weighted by Crippen LogP contribution is -2.51. The van der Waals surface area contributed by atoms with Gasteiger partial charge in [-0.3, -0.25) is 14.4 Å². The number of nitrogens with one attached hydrogen (secondary N) is 1. The predicted molar refractivity (Wildman–Crippen MR) is 107 cm³/mol. The van der Waals surface area contributed by atoms with Crippen LogP contribution in [-0.4, -0.2) is 57.3 Å². The van der Waals surface area contributed by atoms with Crippen LogP contribution >= 0.6 is 11.5 Å². The molecule has 10 heteroatoms. The second-order valence-electron chi connectivity index (χ2n) is 7.01. The molecule has 0 aromatic carbocycles. The Balaban J connectivity index is 2.27. The number of nitrogens with two attached hydrogens (primary N) is 2. The average molecular weight is 412 g/mol. The molecule has 1 aliphatic rings. The van der Waals surface area contributed by atoms with Crippen molar-refractivity contribution in [2.45, 2.75) is 64.0 Å². The van der Waals surface area contributed by atoms with Gasteiger partial charge in [0.05, 0.1) is 5.69 Å². The summed E-state index contributed by atoms with van der Waals surface area (Å²) in [5.74, 6) is -1.48. The molecule has 156 valence electrons. The zero-order chi connectivity index (χ0) is 20.7. The van der Waals surface area contributed by atoms with Crippen molar-refractivity contribution in [3.63, 3.8) is 0 Å². The third-order valence-corrected chi connectivity index (χ3v) is 5.77. The molecule has 1 fully saturated rings. The van der Waals surface area contributed by atoms with Gasteiger partial charge < -0.3 is 26.8 Å². The number of carbonyl (C=O) groups excluding carboxylic acids is 3. The second kappa shape index (κ2) is 10.4. The molecule has 1 aliphatic carbocycles. The molecule has 0 spiro atoms. The number of hydrogen-bond donors (Lipinski definition) is 4. The molecule has 1 unspecified atom stereocenters. The molecule has 3 amide bonds. The van der Waals surface area contributed by atoms with Gasteiger partial charge in [0.2, 0.25) is 5.91 Å². The van der Waals surface area contributed by atoms with Crippen LogP contribution in [0.25, 0.3) is 0 Å². The lowest BCUT2D eigenvalue weighted by atomic mass is 10.1. The third kappa shape index (κ3) is 5.20. The van der Waals surface area contributed by atoms with E-state index in [0.717, 1.165) is 37.2 Å². The molecule has 9 nitrogen and oxygen atoms in total. The largest absolute Gasteiger partial charge is 0.396 e. The highest BCUT2D eigenvalue weighted by atomic mass is 32.1. The van der Waals surface area contributed by atoms with Crippen molar-refractivity contribution in [2.75, 3.05) is 18.9 Å². The Kier molecular flexibility index (Phi) is 8.18. The topological polar surface area (TPSA) is 152 Å². The maximum Gasteiger partial charge on any atom is 0.270 e. The fourth-order valence-corrected chi connectivity index (χ4v) is 4.23. The normalized spacial score (nSPS) is 15.4. The molecule has 0 aliphatic heterocycles. The van der Waals surface area contributed by atoms with Crippen LogP contribution in [0.15, 0.2) is 0 Å². The zero-order valence-electron chi connectivity index (χ0n) is 16.1. The van der Waals surface area contributed by atoms with Crippen molar-refractivity contribution in [2.24, 2.45) is 5.73 Å². The molecule has 1 saturated carbocycles. The summed E-state index contributed by atoms with van der Waals surface area (Å²) in [5, 5.41) is 12.3. The average Bonchev–Trinajstić information content (AvgIpc) is 3.30. The fourth-order valence-electron chi connectivity index (χ4n) is 3.47. The maximum atomic E-state index is 13.2. The van der Waals surface area contributed by atoms with Gasteiger partial charge in [0, 0.05) is 19.2 Å². The molecule has 1 aromatic rings. The van der Waals surface area contributed by atoms with Gasteiger partial charge >= 0.3 is 0 Å². The number of aliphatic hydroxyl groups excluding tert-OH is 1. The van der Waals surface area contributed by atoms with Crippen molar-refractivity contribution >= 4 is 34.9 Å². The highest BCUT2D eigenvalue weighted by Gasteiger charge is 2.33. The van der Waals surface area contributed by atoms with Crippen molar-refractivity contribution in [1.82, 2.24) is 14.6 Å². The Morgan fingerprint density at radius 2 is 2.04 bits per heavy atom. The second-order valence-corrected chi connectivity index (χ2v) is 7.78. The molecule has 6 N–H and O–H groups in total. The van der Waals surface area contributed by atoms with E-state index in [0.29, 0.717) is 19.3 Å². The lowest BCUT2D eigenvalue weighted by molar-refractivity contribution is -0.126. The number of amides is 3. The van der Waals surface area contributed by atoms with Gasteiger partial charge in [-0.1, -0.05) is 26.2 Å². The number of nitrogens with zero attached hydrogens (tertiary/aromatic N) is 2. The summed E-state index contributed by atoms with van der Waals surface area (Å²) < 4.78 is 3.88. The number of aromatic nitrogens is 1. The maximum absolute atomic E-state index is 13.2. The van der Waals surface area contributed by atoms with Crippen LogP contribution in [0.1, 0.15) is 72.0 Å². The number of anilines is 1. The summed E-state index contributed by atoms with van der Waals surface area (Å²) in [5.41, 5.74) is 10.9. The Morgan fingerprint density at radius 1 is 1.36 bits per heavy atom. The first-order valence-electron chi connectivity index (χ1n) is 9.67. The van der Waals surface area contributed by atoms with Crippen molar-refractivity contribution < 1.29 is 19.5 Å². The number of aliphatic hydroxyl groups is 1. The summed E-state index contributed by atoms with van der Waals surface area (Å²) in [6.07, 6.45) is 5.57. The van der Waals surface area contributed by atoms with Crippen LogP contribution in [0.5, 0.6) is 0 Å². The standard InChI is InChI=1S/C18H29N5O4S/c1-2-6-12(17(26)21-11-7-3-4-8-11)23(9-5-10-24)18(27)15-13(19)14(16(20)25)22-28-15/h11-12,24H,2-10,19H2,1H3,(H2,20,25)(H,21,26). The molecule has 28 heavy (non-hydrogen) atoms. The van der Waals surface area contributed by atoms with Crippen LogP contribution < -0.4 is 16.8 Å². The molecule has 0 radical (unpaired) electrons. The van der Waals surface area contributed by atoms with Crippen molar-refractivity contribution in [1.29, 1.82) is 0 Å². The Hall–Kier alpha value is -2.20. The molecular formula is C18H29N5O4S. The zero-order valence-corrected chi connectivity index (χ0v) is 17.0. The Bertz CT molecular complexity index is 702. The number of rotatable bonds is 10. The van der Waals surface area contributed by atoms with Gasteiger partial charge in [-0.2, -0.15) is 4.37 Å². The summed E-state index contributed by atoms with van der Waals surface area (Å²) in [6, 6.07) is -0.542. The van der Waals surface area contributed by atoms with E-state index in [9.17, 15) is 19.5 Å². The quantitative estimate of drug-likeness (QED) is 0.448. The number of hydrogen-bond acceptors (Lipinski definition) is 7. The van der Waals surface area contributed by atoms with E-state index in [1.807, 2.05) is 6.92 Å². The van der Waals surface area contributed by atoms with Gasteiger partial charge in [0.15, 0.2) is 5.69 Å². The van der Waals surface area contributed by atoms with Crippen LogP contribution in [0.2, 0.25) is 0 Å². The van der Waals surface area contributed by atoms with Crippen LogP contribution in [-0.2, 0) is 4.79 Å². The van der Waals surface area contributed by atoms with E-state index in [-0.39, 0.29) is 41.4 Å². The summed E-state index contributed by atoms with van der Waals surface area (Å²) in [7, 11) is 0. The SMILES string of the molecule is CCCC(C(=O)NC1CCCC1)N(CCCO)C(=O)c1snc(C(N)=O)c1N. The van der Waals surface area contributed by atoms with Crippen LogP contribution in [0, 0.1) is 0 Å². The van der Waals surface area contributed by atoms with Crippen LogP contribution in [0.4, 0.5) is 5.69 Å². The van der Waals surface area contributed by atoms with E-state index in [1.54, 1.807) is 0 Å². The number of primary amides is 1. The van der Waals surface area contributed by atoms with Gasteiger partial charge in [-0.15, -0.1) is 0 Å². The van der Waals surface area contributed by atoms with Gasteiger partial charge in [0.25, 0.3) is 11.8 Å². The monoisotopic (exact) mass is 411 g/mol. The van der Waals surface area contributed by atoms with Crippen LogP contribution in [0.3, 0.4) is 0 Å². The smallest absolute Gasteiger partial charge is 0.270 e. The minimum atomic E-state index is -0.807. The van der Waals surface area contributed by atoms with E-state index in [4.69, 9.17) is 11.5 Å². The predicted octanol–water partition coefficient (Wildman–Crippen LogP) is 0.876. The molecule has 0 bridgehead atoms. The van der Waals surface area contributed by atoms with E-state index >= 15 is 0 Å². The third-order valence-electron chi connectivity index (χ3n) is 4.92. The first kappa shape index (κ1) is 22.1. The van der Waals surface area contributed by atoms with Crippen molar-refractivity contribution in [3.05, 3.63) is 10.6 Å². The number of carbonyl (C=O) groups is 3. The Labute approximate surface area is 168 Å². The van der Waals surface area contributed by atoms with E-state index < -0.39 is 17.9 Å². The van der Waals surface area contributed by atoms with Gasteiger partial charge in [0.1, 0.15) is 10.9 Å². The van der Waals surface area contributed by atoms with E-state index in [2.05, 4.69) is 9.69 Å². The molecule has 1 heterocycles. The minimum absolute atomic E-state index is 0.0667. The summed E-state index contributed by atoms with van der Waals surface area (Å²) in [6.45, 7) is 2.02. The first-order chi connectivity index (χ1) is 13.4. The van der Waals surface area contributed by atoms with Gasteiger partial charge in [-0.05, 0) is 37.2 Å². The lowest BCUT2D eigenvalue weighted by Gasteiger charge is -2.31. The minimum Gasteiger partial charge on any atom is -0.396 e. The van der Waals surface area contributed by atoms with Gasteiger partial charge in [-0.25, -0.2) is 0 Å². The molecule has 0 saturated heterocycles. The molecular weight excluding hydrogens is 382 g/mol. The molecule has 1 atom stereocenters. The Morgan fingerprint density at radius 3 is 2.57 bits per heavy atom. The summed E-state index contributed by atoms with van der Waals surface area (Å²) in [4.78, 5) is 39.0. The first-order valence-corrected chi connectivity index (χ1v) is 10.4. The highest BCUT2D eigenvalue weighted by Crippen LogP contribution is 2.25. The van der Waals surface area contributed by atoms with E-state index in [1.165, 1.54) is 4.90 Å². The molecule has 1 aromatic heterocycles. The molecule has 2 rings (SSSR count). The highest BCUT2D eigenvalue weighted by molar-refractivity contribution is 7.09. The number of nitrogen functional groups attached to an aromatic ring is 1. The van der Waals surface area contributed by atoms with Crippen molar-refractivity contribution in [3.8, 4) is 0 Å². The fraction of sp³-hybridized carbons (Fsp3) is 0.667.